The summed E-state index contributed by atoms with van der Waals surface area (Å²) < 4.78 is 1.03. The number of ketones is 1. The summed E-state index contributed by atoms with van der Waals surface area (Å²) in [6.45, 7) is 0.756. The summed E-state index contributed by atoms with van der Waals surface area (Å²) in [5, 5.41) is 0. The molecule has 1 aromatic rings. The Bertz CT molecular complexity index is 352. The number of carbonyl (C=O) groups excluding carboxylic acids is 1. The van der Waals surface area contributed by atoms with Gasteiger partial charge in [0.1, 0.15) is 5.78 Å². The van der Waals surface area contributed by atoms with Gasteiger partial charge in [-0.2, -0.15) is 0 Å². The molecule has 0 amide bonds. The molecule has 94 valence electrons. The van der Waals surface area contributed by atoms with Crippen molar-refractivity contribution in [3.8, 4) is 0 Å². The van der Waals surface area contributed by atoms with Crippen molar-refractivity contribution in [3.05, 3.63) is 34.3 Å². The average molecular weight is 298 g/mol. The van der Waals surface area contributed by atoms with Gasteiger partial charge in [-0.05, 0) is 37.1 Å². The van der Waals surface area contributed by atoms with Crippen LogP contribution in [-0.4, -0.2) is 12.3 Å². The lowest BCUT2D eigenvalue weighted by molar-refractivity contribution is -0.118. The molecule has 3 heteroatoms. The van der Waals surface area contributed by atoms with Gasteiger partial charge in [0.25, 0.3) is 0 Å². The number of carbonyl (C=O) groups is 1. The third-order valence-corrected chi connectivity index (χ3v) is 3.19. The molecule has 0 bridgehead atoms. The summed E-state index contributed by atoms with van der Waals surface area (Å²) in [4.78, 5) is 11.7. The van der Waals surface area contributed by atoms with Gasteiger partial charge in [-0.1, -0.05) is 40.9 Å². The predicted octanol–water partition coefficient (Wildman–Crippen LogP) is 3.47. The van der Waals surface area contributed by atoms with Crippen LogP contribution in [0.1, 0.15) is 37.7 Å². The molecule has 0 saturated heterocycles. The molecule has 0 saturated carbocycles. The Morgan fingerprint density at radius 2 is 1.94 bits per heavy atom. The molecule has 0 atom stereocenters. The monoisotopic (exact) mass is 297 g/mol. The fourth-order valence-corrected chi connectivity index (χ4v) is 2.23. The molecule has 0 heterocycles. The quantitative estimate of drug-likeness (QED) is 0.747. The molecule has 17 heavy (non-hydrogen) atoms. The van der Waals surface area contributed by atoms with E-state index in [4.69, 9.17) is 5.73 Å². The Morgan fingerprint density at radius 3 is 2.65 bits per heavy atom. The third kappa shape index (κ3) is 6.59. The molecule has 0 radical (unpaired) electrons. The number of Topliss-reactive ketones (excluding diaryl/α,β-unsaturated/α-hetero) is 1. The van der Waals surface area contributed by atoms with Crippen molar-refractivity contribution in [2.75, 3.05) is 6.54 Å². The van der Waals surface area contributed by atoms with Crippen molar-refractivity contribution in [2.45, 2.75) is 38.5 Å². The summed E-state index contributed by atoms with van der Waals surface area (Å²) in [6, 6.07) is 7.94. The maximum absolute atomic E-state index is 11.7. The van der Waals surface area contributed by atoms with Crippen molar-refractivity contribution < 1.29 is 4.79 Å². The Morgan fingerprint density at radius 1 is 1.18 bits per heavy atom. The second-order valence-corrected chi connectivity index (χ2v) is 5.21. The van der Waals surface area contributed by atoms with Gasteiger partial charge in [0.2, 0.25) is 0 Å². The summed E-state index contributed by atoms with van der Waals surface area (Å²) >= 11 is 3.41. The molecule has 0 aliphatic heterocycles. The van der Waals surface area contributed by atoms with Gasteiger partial charge in [-0.25, -0.2) is 0 Å². The molecule has 0 unspecified atom stereocenters. The van der Waals surface area contributed by atoms with Crippen molar-refractivity contribution in [1.82, 2.24) is 0 Å². The maximum Gasteiger partial charge on any atom is 0.137 e. The SMILES string of the molecule is NCCCCCCC(=O)Cc1cccc(Br)c1. The van der Waals surface area contributed by atoms with Crippen molar-refractivity contribution >= 4 is 21.7 Å². The third-order valence-electron chi connectivity index (χ3n) is 2.70. The van der Waals surface area contributed by atoms with E-state index in [9.17, 15) is 4.79 Å². The van der Waals surface area contributed by atoms with Crippen LogP contribution in [0.4, 0.5) is 0 Å². The summed E-state index contributed by atoms with van der Waals surface area (Å²) in [7, 11) is 0. The molecule has 0 aliphatic rings. The Hall–Kier alpha value is -0.670. The highest BCUT2D eigenvalue weighted by molar-refractivity contribution is 9.10. The van der Waals surface area contributed by atoms with Gasteiger partial charge in [-0.3, -0.25) is 4.79 Å². The minimum Gasteiger partial charge on any atom is -0.330 e. The molecular formula is C14H20BrNO. The van der Waals surface area contributed by atoms with Crippen LogP contribution in [0.5, 0.6) is 0 Å². The molecule has 0 fully saturated rings. The number of nitrogens with two attached hydrogens (primary N) is 1. The van der Waals surface area contributed by atoms with Crippen LogP contribution >= 0.6 is 15.9 Å². The molecule has 1 aromatic carbocycles. The first-order chi connectivity index (χ1) is 8.22. The molecule has 0 aromatic heterocycles. The van der Waals surface area contributed by atoms with E-state index in [2.05, 4.69) is 15.9 Å². The fraction of sp³-hybridized carbons (Fsp3) is 0.500. The topological polar surface area (TPSA) is 43.1 Å². The van der Waals surface area contributed by atoms with E-state index in [-0.39, 0.29) is 0 Å². The van der Waals surface area contributed by atoms with Gasteiger partial charge in [0.05, 0.1) is 0 Å². The van der Waals surface area contributed by atoms with E-state index >= 15 is 0 Å². The molecule has 0 spiro atoms. The minimum atomic E-state index is 0.329. The van der Waals surface area contributed by atoms with Crippen LogP contribution in [0.2, 0.25) is 0 Å². The molecule has 2 nitrogen and oxygen atoms in total. The maximum atomic E-state index is 11.7. The standard InChI is InChI=1S/C14H20BrNO/c15-13-7-5-6-12(10-13)11-14(17)8-3-1-2-4-9-16/h5-7,10H,1-4,8-9,11,16H2. The summed E-state index contributed by atoms with van der Waals surface area (Å²) in [5.74, 6) is 0.329. The number of hydrogen-bond donors (Lipinski definition) is 1. The average Bonchev–Trinajstić information content (AvgIpc) is 2.29. The van der Waals surface area contributed by atoms with Crippen LogP contribution in [0.25, 0.3) is 0 Å². The van der Waals surface area contributed by atoms with Crippen molar-refractivity contribution in [2.24, 2.45) is 5.73 Å². The van der Waals surface area contributed by atoms with Crippen LogP contribution in [0.15, 0.2) is 28.7 Å². The molecular weight excluding hydrogens is 278 g/mol. The highest BCUT2D eigenvalue weighted by Gasteiger charge is 2.03. The van der Waals surface area contributed by atoms with Gasteiger partial charge in [0, 0.05) is 17.3 Å². The predicted molar refractivity (Wildman–Crippen MR) is 75.0 cm³/mol. The van der Waals surface area contributed by atoms with Gasteiger partial charge in [-0.15, -0.1) is 0 Å². The zero-order valence-corrected chi connectivity index (χ0v) is 11.7. The molecule has 1 rings (SSSR count). The van der Waals surface area contributed by atoms with Crippen LogP contribution in [0, 0.1) is 0 Å². The van der Waals surface area contributed by atoms with Crippen LogP contribution < -0.4 is 5.73 Å². The van der Waals surface area contributed by atoms with Gasteiger partial charge >= 0.3 is 0 Å². The number of rotatable bonds is 8. The zero-order valence-electron chi connectivity index (χ0n) is 10.1. The minimum absolute atomic E-state index is 0.329. The number of hydrogen-bond acceptors (Lipinski definition) is 2. The summed E-state index contributed by atoms with van der Waals surface area (Å²) in [5.41, 5.74) is 6.50. The Labute approximate surface area is 112 Å². The normalized spacial score (nSPS) is 10.5. The second kappa shape index (κ2) is 8.43. The molecule has 0 aliphatic carbocycles. The highest BCUT2D eigenvalue weighted by atomic mass is 79.9. The van der Waals surface area contributed by atoms with E-state index < -0.39 is 0 Å². The van der Waals surface area contributed by atoms with E-state index in [1.54, 1.807) is 0 Å². The largest absolute Gasteiger partial charge is 0.330 e. The van der Waals surface area contributed by atoms with Crippen LogP contribution in [0.3, 0.4) is 0 Å². The lowest BCUT2D eigenvalue weighted by atomic mass is 10.0. The highest BCUT2D eigenvalue weighted by Crippen LogP contribution is 2.13. The van der Waals surface area contributed by atoms with Crippen molar-refractivity contribution in [3.63, 3.8) is 0 Å². The van der Waals surface area contributed by atoms with E-state index in [1.807, 2.05) is 24.3 Å². The first-order valence-corrected chi connectivity index (χ1v) is 6.98. The van der Waals surface area contributed by atoms with E-state index in [0.29, 0.717) is 18.6 Å². The fourth-order valence-electron chi connectivity index (χ4n) is 1.78. The van der Waals surface area contributed by atoms with Gasteiger partial charge < -0.3 is 5.73 Å². The number of unbranched alkanes of at least 4 members (excludes halogenated alkanes) is 3. The molecule has 2 N–H and O–H groups in total. The van der Waals surface area contributed by atoms with Crippen molar-refractivity contribution in [1.29, 1.82) is 0 Å². The second-order valence-electron chi connectivity index (χ2n) is 4.30. The van der Waals surface area contributed by atoms with E-state index in [0.717, 1.165) is 42.3 Å². The zero-order chi connectivity index (χ0) is 12.5. The first kappa shape index (κ1) is 14.4. The smallest absolute Gasteiger partial charge is 0.137 e. The first-order valence-electron chi connectivity index (χ1n) is 6.18. The summed E-state index contributed by atoms with van der Waals surface area (Å²) in [6.07, 6.45) is 5.56. The number of halogens is 1. The van der Waals surface area contributed by atoms with E-state index in [1.165, 1.54) is 0 Å². The van der Waals surface area contributed by atoms with Crippen LogP contribution in [-0.2, 0) is 11.2 Å². The Balaban J connectivity index is 2.21. The number of benzene rings is 1. The Kier molecular flexibility index (Phi) is 7.13. The lowest BCUT2D eigenvalue weighted by Crippen LogP contribution is -2.03. The lowest BCUT2D eigenvalue weighted by Gasteiger charge is -2.02. The van der Waals surface area contributed by atoms with Gasteiger partial charge in [0.15, 0.2) is 0 Å².